The average molecular weight is 296 g/mol. The number of amides is 2. The lowest BCUT2D eigenvalue weighted by atomic mass is 10.1. The number of hydrogen-bond donors (Lipinski definition) is 1. The van der Waals surface area contributed by atoms with E-state index >= 15 is 0 Å². The smallest absolute Gasteiger partial charge is 0.322 e. The first-order chi connectivity index (χ1) is 10.6. The molecule has 4 nitrogen and oxygen atoms in total. The molecule has 2 aromatic rings. The number of para-hydroxylation sites is 1. The Bertz CT molecular complexity index is 649. The van der Waals surface area contributed by atoms with Crippen LogP contribution >= 0.6 is 0 Å². The minimum Gasteiger partial charge on any atom is -0.497 e. The molecule has 0 aliphatic heterocycles. The summed E-state index contributed by atoms with van der Waals surface area (Å²) in [6.45, 7) is 0. The van der Waals surface area contributed by atoms with E-state index in [1.807, 2.05) is 54.6 Å². The van der Waals surface area contributed by atoms with Gasteiger partial charge in [-0.15, -0.1) is 0 Å². The Kier molecular flexibility index (Phi) is 3.75. The van der Waals surface area contributed by atoms with Crippen LogP contribution in [0.2, 0.25) is 0 Å². The van der Waals surface area contributed by atoms with Crippen LogP contribution in [-0.4, -0.2) is 20.2 Å². The van der Waals surface area contributed by atoms with Crippen LogP contribution in [0.15, 0.2) is 54.6 Å². The molecule has 2 aromatic carbocycles. The standard InChI is InChI=1S/C18H20N2O2/c1-20(15-6-4-3-5-7-15)17(21)19-18(12-13-18)14-8-10-16(22-2)11-9-14/h3-11H,12-13H2,1-2H3,(H,19,21). The van der Waals surface area contributed by atoms with E-state index in [0.29, 0.717) is 0 Å². The van der Waals surface area contributed by atoms with Crippen LogP contribution in [-0.2, 0) is 5.54 Å². The summed E-state index contributed by atoms with van der Waals surface area (Å²) in [5.41, 5.74) is 1.78. The number of nitrogens with one attached hydrogen (secondary N) is 1. The van der Waals surface area contributed by atoms with E-state index in [-0.39, 0.29) is 11.6 Å². The minimum absolute atomic E-state index is 0.0838. The number of carbonyl (C=O) groups excluding carboxylic acids is 1. The van der Waals surface area contributed by atoms with Crippen LogP contribution in [0.4, 0.5) is 10.5 Å². The van der Waals surface area contributed by atoms with Crippen molar-refractivity contribution >= 4 is 11.7 Å². The van der Waals surface area contributed by atoms with Gasteiger partial charge in [-0.1, -0.05) is 30.3 Å². The molecule has 0 saturated heterocycles. The van der Waals surface area contributed by atoms with Gasteiger partial charge in [-0.2, -0.15) is 0 Å². The monoisotopic (exact) mass is 296 g/mol. The summed E-state index contributed by atoms with van der Waals surface area (Å²) in [4.78, 5) is 14.1. The molecule has 0 spiro atoms. The highest BCUT2D eigenvalue weighted by Gasteiger charge is 2.46. The second-order valence-corrected chi connectivity index (χ2v) is 5.64. The number of methoxy groups -OCH3 is 1. The van der Waals surface area contributed by atoms with Crippen LogP contribution in [0.25, 0.3) is 0 Å². The summed E-state index contributed by atoms with van der Waals surface area (Å²) in [7, 11) is 3.44. The van der Waals surface area contributed by atoms with Gasteiger partial charge in [-0.05, 0) is 42.7 Å². The quantitative estimate of drug-likeness (QED) is 0.937. The Labute approximate surface area is 130 Å². The van der Waals surface area contributed by atoms with Gasteiger partial charge in [0.05, 0.1) is 12.6 Å². The normalized spacial score (nSPS) is 15.0. The fraction of sp³-hybridized carbons (Fsp3) is 0.278. The van der Waals surface area contributed by atoms with Gasteiger partial charge >= 0.3 is 6.03 Å². The van der Waals surface area contributed by atoms with Crippen LogP contribution < -0.4 is 15.0 Å². The highest BCUT2D eigenvalue weighted by molar-refractivity contribution is 5.92. The third-order valence-electron chi connectivity index (χ3n) is 4.19. The van der Waals surface area contributed by atoms with Crippen molar-refractivity contribution < 1.29 is 9.53 Å². The summed E-state index contributed by atoms with van der Waals surface area (Å²) >= 11 is 0. The summed E-state index contributed by atoms with van der Waals surface area (Å²) in [6, 6.07) is 17.5. The van der Waals surface area contributed by atoms with Crippen molar-refractivity contribution in [2.75, 3.05) is 19.1 Å². The number of nitrogens with zero attached hydrogens (tertiary/aromatic N) is 1. The second kappa shape index (κ2) is 5.72. The van der Waals surface area contributed by atoms with Crippen molar-refractivity contribution in [1.29, 1.82) is 0 Å². The van der Waals surface area contributed by atoms with E-state index in [1.165, 1.54) is 0 Å². The maximum Gasteiger partial charge on any atom is 0.322 e. The molecular formula is C18H20N2O2. The topological polar surface area (TPSA) is 41.6 Å². The molecule has 0 unspecified atom stereocenters. The number of benzene rings is 2. The molecule has 22 heavy (non-hydrogen) atoms. The number of ether oxygens (including phenoxy) is 1. The molecule has 2 amide bonds. The van der Waals surface area contributed by atoms with Crippen LogP contribution in [0.3, 0.4) is 0 Å². The molecule has 4 heteroatoms. The molecule has 114 valence electrons. The average Bonchev–Trinajstić information content (AvgIpc) is 3.35. The first kappa shape index (κ1) is 14.4. The Balaban J connectivity index is 1.72. The molecular weight excluding hydrogens is 276 g/mol. The molecule has 0 bridgehead atoms. The molecule has 1 fully saturated rings. The number of carbonyl (C=O) groups is 1. The van der Waals surface area contributed by atoms with Gasteiger partial charge in [-0.3, -0.25) is 4.90 Å². The number of urea groups is 1. The van der Waals surface area contributed by atoms with Gasteiger partial charge in [0.2, 0.25) is 0 Å². The maximum atomic E-state index is 12.5. The van der Waals surface area contributed by atoms with Gasteiger partial charge in [0, 0.05) is 12.7 Å². The number of hydrogen-bond acceptors (Lipinski definition) is 2. The SMILES string of the molecule is COc1ccc(C2(NC(=O)N(C)c3ccccc3)CC2)cc1. The molecule has 1 N–H and O–H groups in total. The second-order valence-electron chi connectivity index (χ2n) is 5.64. The lowest BCUT2D eigenvalue weighted by Crippen LogP contribution is -2.43. The fourth-order valence-electron chi connectivity index (χ4n) is 2.58. The van der Waals surface area contributed by atoms with Crippen LogP contribution in [0.5, 0.6) is 5.75 Å². The minimum atomic E-state index is -0.230. The zero-order chi connectivity index (χ0) is 15.6. The van der Waals surface area contributed by atoms with E-state index in [1.54, 1.807) is 19.1 Å². The Morgan fingerprint density at radius 3 is 2.27 bits per heavy atom. The van der Waals surface area contributed by atoms with Crippen molar-refractivity contribution in [2.24, 2.45) is 0 Å². The molecule has 0 radical (unpaired) electrons. The fourth-order valence-corrected chi connectivity index (χ4v) is 2.58. The lowest BCUT2D eigenvalue weighted by Gasteiger charge is -2.24. The predicted octanol–water partition coefficient (Wildman–Crippen LogP) is 3.53. The van der Waals surface area contributed by atoms with Crippen molar-refractivity contribution in [3.05, 3.63) is 60.2 Å². The van der Waals surface area contributed by atoms with Gasteiger partial charge < -0.3 is 10.1 Å². The van der Waals surface area contributed by atoms with E-state index in [0.717, 1.165) is 29.8 Å². The van der Waals surface area contributed by atoms with Gasteiger partial charge in [0.25, 0.3) is 0 Å². The summed E-state index contributed by atoms with van der Waals surface area (Å²) in [5, 5.41) is 3.17. The molecule has 1 saturated carbocycles. The Morgan fingerprint density at radius 1 is 1.09 bits per heavy atom. The van der Waals surface area contributed by atoms with Crippen molar-refractivity contribution in [3.63, 3.8) is 0 Å². The van der Waals surface area contributed by atoms with Gasteiger partial charge in [-0.25, -0.2) is 4.79 Å². The highest BCUT2D eigenvalue weighted by Crippen LogP contribution is 2.46. The van der Waals surface area contributed by atoms with E-state index < -0.39 is 0 Å². The first-order valence-corrected chi connectivity index (χ1v) is 7.40. The highest BCUT2D eigenvalue weighted by atomic mass is 16.5. The zero-order valence-electron chi connectivity index (χ0n) is 12.9. The molecule has 0 atom stereocenters. The Hall–Kier alpha value is -2.49. The van der Waals surface area contributed by atoms with Gasteiger partial charge in [0.15, 0.2) is 0 Å². The van der Waals surface area contributed by atoms with Gasteiger partial charge in [0.1, 0.15) is 5.75 Å². The first-order valence-electron chi connectivity index (χ1n) is 7.40. The zero-order valence-corrected chi connectivity index (χ0v) is 12.9. The summed E-state index contributed by atoms with van der Waals surface area (Å²) < 4.78 is 5.18. The number of anilines is 1. The summed E-state index contributed by atoms with van der Waals surface area (Å²) in [6.07, 6.45) is 1.93. The van der Waals surface area contributed by atoms with Crippen LogP contribution in [0.1, 0.15) is 18.4 Å². The van der Waals surface area contributed by atoms with E-state index in [9.17, 15) is 4.79 Å². The van der Waals surface area contributed by atoms with Crippen molar-refractivity contribution in [2.45, 2.75) is 18.4 Å². The molecule has 0 aromatic heterocycles. The lowest BCUT2D eigenvalue weighted by molar-refractivity contribution is 0.242. The predicted molar refractivity (Wildman–Crippen MR) is 87.3 cm³/mol. The summed E-state index contributed by atoms with van der Waals surface area (Å²) in [5.74, 6) is 0.826. The van der Waals surface area contributed by atoms with Crippen molar-refractivity contribution in [3.8, 4) is 5.75 Å². The Morgan fingerprint density at radius 2 is 1.73 bits per heavy atom. The third-order valence-corrected chi connectivity index (χ3v) is 4.19. The van der Waals surface area contributed by atoms with Crippen molar-refractivity contribution in [1.82, 2.24) is 5.32 Å². The van der Waals surface area contributed by atoms with E-state index in [2.05, 4.69) is 5.32 Å². The van der Waals surface area contributed by atoms with E-state index in [4.69, 9.17) is 4.74 Å². The maximum absolute atomic E-state index is 12.5. The molecule has 1 aliphatic rings. The largest absolute Gasteiger partial charge is 0.497 e. The molecule has 3 rings (SSSR count). The molecule has 1 aliphatic carbocycles. The third kappa shape index (κ3) is 2.77. The number of rotatable bonds is 4. The molecule has 0 heterocycles. The van der Waals surface area contributed by atoms with Crippen LogP contribution in [0, 0.1) is 0 Å².